The van der Waals surface area contributed by atoms with Crippen molar-refractivity contribution < 1.29 is 21.9 Å². The Morgan fingerprint density at radius 3 is 2.69 bits per heavy atom. The van der Waals surface area contributed by atoms with Crippen LogP contribution in [0.15, 0.2) is 30.7 Å². The molecule has 4 rings (SSSR count). The Bertz CT molecular complexity index is 1200. The van der Waals surface area contributed by atoms with E-state index in [1.807, 2.05) is 4.90 Å². The summed E-state index contributed by atoms with van der Waals surface area (Å²) in [5.41, 5.74) is -0.222. The van der Waals surface area contributed by atoms with E-state index < -0.39 is 27.2 Å². The number of hydrogen-bond donors (Lipinski definition) is 1. The van der Waals surface area contributed by atoms with Gasteiger partial charge in [0.1, 0.15) is 12.1 Å². The van der Waals surface area contributed by atoms with Crippen LogP contribution in [0.5, 0.6) is 0 Å². The second-order valence-electron chi connectivity index (χ2n) is 7.07. The maximum Gasteiger partial charge on any atom is 0.232 e. The third-order valence-corrected chi connectivity index (χ3v) is 7.39. The lowest BCUT2D eigenvalue weighted by molar-refractivity contribution is 0.122. The summed E-state index contributed by atoms with van der Waals surface area (Å²) in [6, 6.07) is 3.73. The minimum atomic E-state index is -3.77. The van der Waals surface area contributed by atoms with E-state index in [1.54, 1.807) is 13.0 Å². The average Bonchev–Trinajstić information content (AvgIpc) is 3.22. The number of nitrogens with one attached hydrogen (secondary N) is 1. The van der Waals surface area contributed by atoms with Crippen LogP contribution in [0.2, 0.25) is 0 Å². The quantitative estimate of drug-likeness (QED) is 0.551. The zero-order valence-electron chi connectivity index (χ0n) is 17.2. The topological polar surface area (TPSA) is 97.3 Å². The van der Waals surface area contributed by atoms with E-state index in [0.717, 1.165) is 12.1 Å². The number of hydrogen-bond acceptors (Lipinski definition) is 8. The summed E-state index contributed by atoms with van der Waals surface area (Å²) in [5, 5.41) is 0.577. The number of anilines is 2. The number of ether oxygens (including phenoxy) is 1. The molecule has 1 saturated heterocycles. The lowest BCUT2D eigenvalue weighted by Crippen LogP contribution is -2.36. The Morgan fingerprint density at radius 2 is 2.00 bits per heavy atom. The van der Waals surface area contributed by atoms with E-state index in [9.17, 15) is 12.8 Å². The van der Waals surface area contributed by atoms with Crippen LogP contribution in [0, 0.1) is 11.6 Å². The van der Waals surface area contributed by atoms with Crippen LogP contribution >= 0.6 is 11.3 Å². The third-order valence-electron chi connectivity index (χ3n) is 4.78. The van der Waals surface area contributed by atoms with Crippen molar-refractivity contribution in [1.29, 1.82) is 0 Å². The average molecular weight is 482 g/mol. The van der Waals surface area contributed by atoms with Gasteiger partial charge in [0.05, 0.1) is 46.5 Å². The molecule has 170 valence electrons. The lowest BCUT2D eigenvalue weighted by atomic mass is 10.1. The largest absolute Gasteiger partial charge is 0.378 e. The van der Waals surface area contributed by atoms with Gasteiger partial charge in [-0.15, -0.1) is 0 Å². The van der Waals surface area contributed by atoms with Crippen LogP contribution < -0.4 is 9.62 Å². The first-order valence-corrected chi connectivity index (χ1v) is 12.4. The standard InChI is InChI=1S/C20H21F2N5O3S2/c1-2-11-32(28,29)26-14-4-3-13(21)16(17(14)22)18-19(15-5-6-23-12-24-15)31-20(25-18)27-7-9-30-10-8-27/h3-6,12,26H,2,7-11H2,1H3. The molecule has 3 aromatic rings. The smallest absolute Gasteiger partial charge is 0.232 e. The van der Waals surface area contributed by atoms with E-state index in [2.05, 4.69) is 19.7 Å². The van der Waals surface area contributed by atoms with E-state index >= 15 is 4.39 Å². The fraction of sp³-hybridized carbons (Fsp3) is 0.350. The van der Waals surface area contributed by atoms with Gasteiger partial charge in [-0.1, -0.05) is 18.3 Å². The fourth-order valence-corrected chi connectivity index (χ4v) is 5.54. The Hall–Kier alpha value is -2.70. The highest BCUT2D eigenvalue weighted by atomic mass is 32.2. The molecule has 0 aliphatic carbocycles. The number of halogens is 2. The Kier molecular flexibility index (Phi) is 6.63. The molecular weight excluding hydrogens is 460 g/mol. The van der Waals surface area contributed by atoms with E-state index in [-0.39, 0.29) is 17.1 Å². The zero-order valence-corrected chi connectivity index (χ0v) is 18.8. The van der Waals surface area contributed by atoms with Gasteiger partial charge in [0.2, 0.25) is 10.0 Å². The predicted octanol–water partition coefficient (Wildman–Crippen LogP) is 3.53. The molecule has 0 bridgehead atoms. The van der Waals surface area contributed by atoms with E-state index in [0.29, 0.717) is 48.4 Å². The maximum atomic E-state index is 15.5. The highest BCUT2D eigenvalue weighted by Crippen LogP contribution is 2.42. The summed E-state index contributed by atoms with van der Waals surface area (Å²) in [6.07, 6.45) is 3.23. The van der Waals surface area contributed by atoms with Crippen LogP contribution in [0.3, 0.4) is 0 Å². The van der Waals surface area contributed by atoms with Crippen LogP contribution in [0.4, 0.5) is 19.6 Å². The number of morpholine rings is 1. The molecule has 0 radical (unpaired) electrons. The molecule has 32 heavy (non-hydrogen) atoms. The monoisotopic (exact) mass is 481 g/mol. The SMILES string of the molecule is CCCS(=O)(=O)Nc1ccc(F)c(-c2nc(N3CCOCC3)sc2-c2ccncn2)c1F. The van der Waals surface area contributed by atoms with Crippen molar-refractivity contribution in [3.05, 3.63) is 42.4 Å². The second-order valence-corrected chi connectivity index (χ2v) is 9.89. The molecule has 0 amide bonds. The molecule has 1 N–H and O–H groups in total. The van der Waals surface area contributed by atoms with Crippen molar-refractivity contribution in [3.8, 4) is 21.8 Å². The molecule has 0 unspecified atom stereocenters. The predicted molar refractivity (Wildman–Crippen MR) is 119 cm³/mol. The summed E-state index contributed by atoms with van der Waals surface area (Å²) in [6.45, 7) is 3.93. The van der Waals surface area contributed by atoms with Crippen LogP contribution in [0.1, 0.15) is 13.3 Å². The molecule has 1 aliphatic heterocycles. The minimum absolute atomic E-state index is 0.0572. The number of aromatic nitrogens is 3. The second kappa shape index (κ2) is 9.43. The molecule has 12 heteroatoms. The van der Waals surface area contributed by atoms with Gasteiger partial charge in [-0.05, 0) is 24.6 Å². The first-order chi connectivity index (χ1) is 15.4. The molecule has 3 heterocycles. The molecule has 1 aromatic carbocycles. The van der Waals surface area contributed by atoms with Crippen LogP contribution in [0.25, 0.3) is 21.8 Å². The van der Waals surface area contributed by atoms with Gasteiger partial charge < -0.3 is 9.64 Å². The molecule has 2 aromatic heterocycles. The number of thiazole rings is 1. The third kappa shape index (κ3) is 4.71. The van der Waals surface area contributed by atoms with Crippen LogP contribution in [-0.2, 0) is 14.8 Å². The molecule has 8 nitrogen and oxygen atoms in total. The van der Waals surface area contributed by atoms with Crippen LogP contribution in [-0.4, -0.2) is 55.4 Å². The number of nitrogens with zero attached hydrogens (tertiary/aromatic N) is 4. The number of benzene rings is 1. The summed E-state index contributed by atoms with van der Waals surface area (Å²) in [5.74, 6) is -2.06. The van der Waals surface area contributed by atoms with Crippen molar-refractivity contribution >= 4 is 32.2 Å². The van der Waals surface area contributed by atoms with Gasteiger partial charge in [0, 0.05) is 19.3 Å². The Balaban J connectivity index is 1.85. The summed E-state index contributed by atoms with van der Waals surface area (Å²) < 4.78 is 62.3. The van der Waals surface area contributed by atoms with Gasteiger partial charge in [-0.2, -0.15) is 0 Å². The van der Waals surface area contributed by atoms with Gasteiger partial charge >= 0.3 is 0 Å². The fourth-order valence-electron chi connectivity index (χ4n) is 3.30. The summed E-state index contributed by atoms with van der Waals surface area (Å²) >= 11 is 1.26. The summed E-state index contributed by atoms with van der Waals surface area (Å²) in [4.78, 5) is 15.1. The molecular formula is C20H21F2N5O3S2. The van der Waals surface area contributed by atoms with Crippen molar-refractivity contribution in [3.63, 3.8) is 0 Å². The first kappa shape index (κ1) is 22.5. The zero-order chi connectivity index (χ0) is 22.7. The van der Waals surface area contributed by atoms with Crippen molar-refractivity contribution in [1.82, 2.24) is 15.0 Å². The molecule has 0 atom stereocenters. The van der Waals surface area contributed by atoms with Gasteiger partial charge in [-0.3, -0.25) is 4.72 Å². The highest BCUT2D eigenvalue weighted by Gasteiger charge is 2.27. The van der Waals surface area contributed by atoms with Gasteiger partial charge in [0.25, 0.3) is 0 Å². The normalized spacial score (nSPS) is 14.5. The van der Waals surface area contributed by atoms with Crippen molar-refractivity contribution in [2.75, 3.05) is 41.7 Å². The van der Waals surface area contributed by atoms with Crippen molar-refractivity contribution in [2.24, 2.45) is 0 Å². The van der Waals surface area contributed by atoms with E-state index in [4.69, 9.17) is 4.74 Å². The van der Waals surface area contributed by atoms with Gasteiger partial charge in [0.15, 0.2) is 10.9 Å². The first-order valence-electron chi connectivity index (χ1n) is 9.98. The summed E-state index contributed by atoms with van der Waals surface area (Å²) in [7, 11) is -3.77. The lowest BCUT2D eigenvalue weighted by Gasteiger charge is -2.26. The van der Waals surface area contributed by atoms with E-state index in [1.165, 1.54) is 23.9 Å². The number of sulfonamides is 1. The Labute approximate surface area is 188 Å². The highest BCUT2D eigenvalue weighted by molar-refractivity contribution is 7.92. The molecule has 1 fully saturated rings. The maximum absolute atomic E-state index is 15.5. The number of rotatable bonds is 7. The minimum Gasteiger partial charge on any atom is -0.378 e. The van der Waals surface area contributed by atoms with Gasteiger partial charge in [-0.25, -0.2) is 32.2 Å². The van der Waals surface area contributed by atoms with Crippen molar-refractivity contribution in [2.45, 2.75) is 13.3 Å². The molecule has 1 aliphatic rings. The molecule has 0 saturated carbocycles. The Morgan fingerprint density at radius 1 is 1.22 bits per heavy atom. The molecule has 0 spiro atoms.